The van der Waals surface area contributed by atoms with Crippen molar-refractivity contribution in [3.8, 4) is 5.75 Å². The number of imidazole rings is 1. The zero-order valence-corrected chi connectivity index (χ0v) is 14.8. The van der Waals surface area contributed by atoms with Crippen LogP contribution in [-0.2, 0) is 6.54 Å². The van der Waals surface area contributed by atoms with E-state index in [0.717, 1.165) is 38.4 Å². The maximum atomic E-state index is 12.7. The largest absolute Gasteiger partial charge is 0.497 e. The third-order valence-electron chi connectivity index (χ3n) is 4.86. The Kier molecular flexibility index (Phi) is 4.58. The van der Waals surface area contributed by atoms with Crippen LogP contribution >= 0.6 is 0 Å². The summed E-state index contributed by atoms with van der Waals surface area (Å²) in [6, 6.07) is 13.4. The van der Waals surface area contributed by atoms with E-state index in [-0.39, 0.29) is 5.91 Å². The van der Waals surface area contributed by atoms with Gasteiger partial charge in [-0.05, 0) is 30.3 Å². The van der Waals surface area contributed by atoms with Crippen LogP contribution in [0.4, 0.5) is 0 Å². The molecule has 4 rings (SSSR count). The van der Waals surface area contributed by atoms with E-state index in [0.29, 0.717) is 11.3 Å². The highest BCUT2D eigenvalue weighted by molar-refractivity contribution is 5.94. The summed E-state index contributed by atoms with van der Waals surface area (Å²) in [4.78, 5) is 21.4. The predicted molar refractivity (Wildman–Crippen MR) is 99.4 cm³/mol. The number of pyridine rings is 1. The summed E-state index contributed by atoms with van der Waals surface area (Å²) in [6.45, 7) is 4.01. The Morgan fingerprint density at radius 1 is 1.12 bits per heavy atom. The Bertz CT molecular complexity index is 913. The van der Waals surface area contributed by atoms with Gasteiger partial charge in [-0.2, -0.15) is 0 Å². The summed E-state index contributed by atoms with van der Waals surface area (Å²) in [7, 11) is 1.61. The number of hydrogen-bond donors (Lipinski definition) is 0. The van der Waals surface area contributed by atoms with Gasteiger partial charge in [-0.3, -0.25) is 9.69 Å². The zero-order valence-electron chi connectivity index (χ0n) is 14.8. The molecule has 0 N–H and O–H groups in total. The molecule has 0 atom stereocenters. The van der Waals surface area contributed by atoms with Crippen molar-refractivity contribution in [2.45, 2.75) is 6.54 Å². The number of ether oxygens (including phenoxy) is 1. The molecule has 1 aliphatic rings. The van der Waals surface area contributed by atoms with Crippen LogP contribution in [0, 0.1) is 0 Å². The SMILES string of the molecule is COc1cccc(C(=O)N2CCN(Cc3cnc4ccccn34)CC2)c1. The fourth-order valence-electron chi connectivity index (χ4n) is 3.38. The van der Waals surface area contributed by atoms with E-state index in [1.807, 2.05) is 53.7 Å². The summed E-state index contributed by atoms with van der Waals surface area (Å²) in [5.41, 5.74) is 2.82. The number of aromatic nitrogens is 2. The van der Waals surface area contributed by atoms with Crippen molar-refractivity contribution in [2.75, 3.05) is 33.3 Å². The van der Waals surface area contributed by atoms with E-state index in [9.17, 15) is 4.79 Å². The Balaban J connectivity index is 1.38. The Labute approximate surface area is 152 Å². The van der Waals surface area contributed by atoms with Crippen LogP contribution in [0.3, 0.4) is 0 Å². The molecule has 0 spiro atoms. The van der Waals surface area contributed by atoms with Gasteiger partial charge in [0.15, 0.2) is 0 Å². The van der Waals surface area contributed by atoms with Crippen molar-refractivity contribution in [3.05, 3.63) is 66.1 Å². The quantitative estimate of drug-likeness (QED) is 0.724. The molecule has 0 aliphatic carbocycles. The maximum Gasteiger partial charge on any atom is 0.254 e. The number of carbonyl (C=O) groups is 1. The van der Waals surface area contributed by atoms with Crippen LogP contribution in [0.2, 0.25) is 0 Å². The molecular weight excluding hydrogens is 328 g/mol. The number of rotatable bonds is 4. The molecule has 6 nitrogen and oxygen atoms in total. The number of nitrogens with zero attached hydrogens (tertiary/aromatic N) is 4. The first-order valence-corrected chi connectivity index (χ1v) is 8.81. The number of piperazine rings is 1. The lowest BCUT2D eigenvalue weighted by Crippen LogP contribution is -2.48. The highest BCUT2D eigenvalue weighted by Crippen LogP contribution is 2.16. The maximum absolute atomic E-state index is 12.7. The summed E-state index contributed by atoms with van der Waals surface area (Å²) in [5.74, 6) is 0.778. The standard InChI is InChI=1S/C20H22N4O2/c1-26-18-6-4-5-16(13-18)20(25)23-11-9-22(10-12-23)15-17-14-21-19-7-2-3-8-24(17)19/h2-8,13-14H,9-12,15H2,1H3. The van der Waals surface area contributed by atoms with E-state index >= 15 is 0 Å². The second-order valence-electron chi connectivity index (χ2n) is 6.48. The first kappa shape index (κ1) is 16.6. The molecular formula is C20H22N4O2. The normalized spacial score (nSPS) is 15.3. The lowest BCUT2D eigenvalue weighted by molar-refractivity contribution is 0.0626. The van der Waals surface area contributed by atoms with Gasteiger partial charge >= 0.3 is 0 Å². The van der Waals surface area contributed by atoms with Crippen molar-refractivity contribution in [3.63, 3.8) is 0 Å². The lowest BCUT2D eigenvalue weighted by atomic mass is 10.1. The minimum atomic E-state index is 0.0679. The van der Waals surface area contributed by atoms with E-state index in [1.165, 1.54) is 5.69 Å². The molecule has 0 bridgehead atoms. The topological polar surface area (TPSA) is 50.1 Å². The van der Waals surface area contributed by atoms with Crippen molar-refractivity contribution >= 4 is 11.6 Å². The van der Waals surface area contributed by atoms with Gasteiger partial charge in [0, 0.05) is 44.5 Å². The van der Waals surface area contributed by atoms with E-state index in [1.54, 1.807) is 13.2 Å². The predicted octanol–water partition coefficient (Wildman–Crippen LogP) is 2.30. The second kappa shape index (κ2) is 7.17. The second-order valence-corrected chi connectivity index (χ2v) is 6.48. The molecule has 1 saturated heterocycles. The minimum Gasteiger partial charge on any atom is -0.497 e. The molecule has 26 heavy (non-hydrogen) atoms. The van der Waals surface area contributed by atoms with Gasteiger partial charge in [0.25, 0.3) is 5.91 Å². The van der Waals surface area contributed by atoms with Gasteiger partial charge < -0.3 is 14.0 Å². The lowest BCUT2D eigenvalue weighted by Gasteiger charge is -2.34. The van der Waals surface area contributed by atoms with Crippen LogP contribution in [-0.4, -0.2) is 58.4 Å². The number of fused-ring (bicyclic) bond motifs is 1. The average molecular weight is 350 g/mol. The number of hydrogen-bond acceptors (Lipinski definition) is 4. The Morgan fingerprint density at radius 3 is 2.77 bits per heavy atom. The van der Waals surface area contributed by atoms with Crippen LogP contribution in [0.5, 0.6) is 5.75 Å². The molecule has 3 aromatic rings. The molecule has 3 heterocycles. The highest BCUT2D eigenvalue weighted by atomic mass is 16.5. The molecule has 0 saturated carbocycles. The monoisotopic (exact) mass is 350 g/mol. The fourth-order valence-corrected chi connectivity index (χ4v) is 3.38. The van der Waals surface area contributed by atoms with Gasteiger partial charge in [-0.25, -0.2) is 4.98 Å². The molecule has 1 fully saturated rings. The first-order valence-electron chi connectivity index (χ1n) is 8.81. The molecule has 1 aromatic carbocycles. The smallest absolute Gasteiger partial charge is 0.254 e. The first-order chi connectivity index (χ1) is 12.7. The third-order valence-corrected chi connectivity index (χ3v) is 4.86. The summed E-state index contributed by atoms with van der Waals surface area (Å²) >= 11 is 0. The number of methoxy groups -OCH3 is 1. The number of amides is 1. The molecule has 2 aromatic heterocycles. The van der Waals surface area contributed by atoms with Crippen molar-refractivity contribution in [2.24, 2.45) is 0 Å². The van der Waals surface area contributed by atoms with E-state index < -0.39 is 0 Å². The van der Waals surface area contributed by atoms with Crippen LogP contribution in [0.25, 0.3) is 5.65 Å². The average Bonchev–Trinajstić information content (AvgIpc) is 3.11. The molecule has 1 amide bonds. The van der Waals surface area contributed by atoms with E-state index in [4.69, 9.17) is 4.74 Å². The fraction of sp³-hybridized carbons (Fsp3) is 0.300. The van der Waals surface area contributed by atoms with Gasteiger partial charge in [-0.15, -0.1) is 0 Å². The van der Waals surface area contributed by atoms with Crippen molar-refractivity contribution in [1.29, 1.82) is 0 Å². The number of benzene rings is 1. The molecule has 0 radical (unpaired) electrons. The third kappa shape index (κ3) is 3.28. The van der Waals surface area contributed by atoms with Crippen LogP contribution in [0.1, 0.15) is 16.1 Å². The van der Waals surface area contributed by atoms with Crippen LogP contribution in [0.15, 0.2) is 54.9 Å². The van der Waals surface area contributed by atoms with Crippen molar-refractivity contribution < 1.29 is 9.53 Å². The minimum absolute atomic E-state index is 0.0679. The molecule has 134 valence electrons. The zero-order chi connectivity index (χ0) is 17.9. The van der Waals surface area contributed by atoms with Gasteiger partial charge in [0.2, 0.25) is 0 Å². The molecule has 1 aliphatic heterocycles. The van der Waals surface area contributed by atoms with Crippen molar-refractivity contribution in [1.82, 2.24) is 19.2 Å². The number of carbonyl (C=O) groups excluding carboxylic acids is 1. The van der Waals surface area contributed by atoms with E-state index in [2.05, 4.69) is 14.3 Å². The highest BCUT2D eigenvalue weighted by Gasteiger charge is 2.23. The summed E-state index contributed by atoms with van der Waals surface area (Å²) < 4.78 is 7.33. The van der Waals surface area contributed by atoms with Gasteiger partial charge in [-0.1, -0.05) is 12.1 Å². The summed E-state index contributed by atoms with van der Waals surface area (Å²) in [5, 5.41) is 0. The molecule has 6 heteroatoms. The Morgan fingerprint density at radius 2 is 1.96 bits per heavy atom. The molecule has 0 unspecified atom stereocenters. The van der Waals surface area contributed by atoms with Gasteiger partial charge in [0.05, 0.1) is 19.0 Å². The van der Waals surface area contributed by atoms with Gasteiger partial charge in [0.1, 0.15) is 11.4 Å². The Hall–Kier alpha value is -2.86. The summed E-state index contributed by atoms with van der Waals surface area (Å²) in [6.07, 6.45) is 3.98. The van der Waals surface area contributed by atoms with Crippen LogP contribution < -0.4 is 4.74 Å².